The number of nitrogens with one attached hydrogen (secondary N) is 1. The lowest BCUT2D eigenvalue weighted by atomic mass is 10.3. The van der Waals surface area contributed by atoms with Crippen LogP contribution in [0.2, 0.25) is 0 Å². The molecule has 0 aromatic carbocycles. The van der Waals surface area contributed by atoms with Crippen molar-refractivity contribution in [3.05, 3.63) is 0 Å². The van der Waals surface area contributed by atoms with Crippen molar-refractivity contribution in [2.75, 3.05) is 6.54 Å². The molecule has 7 heavy (non-hydrogen) atoms. The predicted octanol–water partition coefficient (Wildman–Crippen LogP) is 1.18. The van der Waals surface area contributed by atoms with E-state index in [2.05, 4.69) is 12.2 Å². The van der Waals surface area contributed by atoms with Gasteiger partial charge in [-0.3, -0.25) is 0 Å². The Bertz CT molecular complexity index is 41.3. The van der Waals surface area contributed by atoms with Crippen LogP contribution < -0.4 is 5.32 Å². The van der Waals surface area contributed by atoms with Crippen molar-refractivity contribution in [1.29, 1.82) is 0 Å². The summed E-state index contributed by atoms with van der Waals surface area (Å²) in [6, 6.07) is 0.796. The molecule has 0 aliphatic carbocycles. The molecule has 1 aliphatic rings. The Morgan fingerprint density at radius 3 is 2.43 bits per heavy atom. The van der Waals surface area contributed by atoms with Crippen LogP contribution in [0, 0.1) is 0 Å². The molecule has 1 atom stereocenters. The second-order valence-corrected chi connectivity index (χ2v) is 2.00. The lowest BCUT2D eigenvalue weighted by molar-refractivity contribution is 0.664. The van der Waals surface area contributed by atoms with Gasteiger partial charge in [-0.25, -0.2) is 0 Å². The summed E-state index contributed by atoms with van der Waals surface area (Å²) < 4.78 is 0. The molecule has 0 aromatic heterocycles. The molecule has 1 N–H and O–H groups in total. The van der Waals surface area contributed by atoms with Crippen molar-refractivity contribution >= 4 is 12.4 Å². The summed E-state index contributed by atoms with van der Waals surface area (Å²) >= 11 is 0. The molecule has 1 unspecified atom stereocenters. The number of halogens is 1. The van der Waals surface area contributed by atoms with E-state index in [1.807, 2.05) is 0 Å². The molecule has 0 radical (unpaired) electrons. The first kappa shape index (κ1) is 7.25. The van der Waals surface area contributed by atoms with Crippen molar-refractivity contribution in [1.82, 2.24) is 5.32 Å². The third kappa shape index (κ3) is 2.15. The Morgan fingerprint density at radius 1 is 1.57 bits per heavy atom. The molecule has 0 saturated carbocycles. The Morgan fingerprint density at radius 2 is 2.29 bits per heavy atom. The first-order valence-electron chi connectivity index (χ1n) is 2.63. The molecule has 0 spiro atoms. The monoisotopic (exact) mass is 121 g/mol. The minimum absolute atomic E-state index is 0. The normalized spacial score (nSPS) is 29.6. The molecule has 0 aromatic rings. The largest absolute Gasteiger partial charge is 0.314 e. The minimum Gasteiger partial charge on any atom is -0.314 e. The van der Waals surface area contributed by atoms with Gasteiger partial charge in [-0.15, -0.1) is 12.4 Å². The standard InChI is InChI=1S/C5H11N.ClH/c1-5-3-2-4-6-5;/h5-6H,2-4H2,1H3;1H. The van der Waals surface area contributed by atoms with Crippen molar-refractivity contribution < 1.29 is 0 Å². The van der Waals surface area contributed by atoms with E-state index in [-0.39, 0.29) is 12.4 Å². The van der Waals surface area contributed by atoms with Gasteiger partial charge in [-0.2, -0.15) is 0 Å². The third-order valence-corrected chi connectivity index (χ3v) is 1.31. The highest BCUT2D eigenvalue weighted by molar-refractivity contribution is 5.85. The summed E-state index contributed by atoms with van der Waals surface area (Å²) in [6.07, 6.45) is 2.75. The second-order valence-electron chi connectivity index (χ2n) is 2.00. The summed E-state index contributed by atoms with van der Waals surface area (Å²) in [7, 11) is 0. The minimum atomic E-state index is 0. The maximum Gasteiger partial charge on any atom is 0.00391 e. The fourth-order valence-corrected chi connectivity index (χ4v) is 0.859. The highest BCUT2D eigenvalue weighted by atomic mass is 35.5. The average Bonchev–Trinajstić information content (AvgIpc) is 1.86. The highest BCUT2D eigenvalue weighted by Crippen LogP contribution is 2.01. The van der Waals surface area contributed by atoms with E-state index in [1.54, 1.807) is 0 Å². The number of hydrogen-bond donors (Lipinski definition) is 1. The maximum atomic E-state index is 3.32. The van der Waals surface area contributed by atoms with Crippen LogP contribution >= 0.6 is 12.4 Å². The van der Waals surface area contributed by atoms with Crippen LogP contribution in [0.5, 0.6) is 0 Å². The zero-order valence-corrected chi connectivity index (χ0v) is 5.42. The molecular formula is C5H12ClN. The molecule has 1 fully saturated rings. The Kier molecular flexibility index (Phi) is 3.39. The molecule has 0 bridgehead atoms. The van der Waals surface area contributed by atoms with Gasteiger partial charge in [0.25, 0.3) is 0 Å². The first-order chi connectivity index (χ1) is 2.89. The molecule has 1 rings (SSSR count). The quantitative estimate of drug-likeness (QED) is 0.508. The van der Waals surface area contributed by atoms with E-state index in [0.717, 1.165) is 6.04 Å². The van der Waals surface area contributed by atoms with E-state index in [0.29, 0.717) is 0 Å². The summed E-state index contributed by atoms with van der Waals surface area (Å²) in [5.74, 6) is 0. The summed E-state index contributed by atoms with van der Waals surface area (Å²) in [6.45, 7) is 3.47. The SMILES string of the molecule is CC1CCCN1.Cl. The van der Waals surface area contributed by atoms with E-state index >= 15 is 0 Å². The molecule has 1 nitrogen and oxygen atoms in total. The summed E-state index contributed by atoms with van der Waals surface area (Å²) in [5, 5.41) is 3.32. The van der Waals surface area contributed by atoms with Crippen LogP contribution in [0.3, 0.4) is 0 Å². The Labute approximate surface area is 50.9 Å². The lowest BCUT2D eigenvalue weighted by Crippen LogP contribution is -2.16. The molecule has 1 saturated heterocycles. The Hall–Kier alpha value is 0.250. The van der Waals surface area contributed by atoms with Gasteiger partial charge in [0, 0.05) is 6.04 Å². The average molecular weight is 122 g/mol. The predicted molar refractivity (Wildman–Crippen MR) is 33.9 cm³/mol. The molecule has 0 amide bonds. The first-order valence-corrected chi connectivity index (χ1v) is 2.63. The Balaban J connectivity index is 0.000000360. The fraction of sp³-hybridized carbons (Fsp3) is 1.00. The van der Waals surface area contributed by atoms with Crippen LogP contribution in [-0.2, 0) is 0 Å². The lowest BCUT2D eigenvalue weighted by Gasteiger charge is -1.95. The van der Waals surface area contributed by atoms with E-state index in [9.17, 15) is 0 Å². The fourth-order valence-electron chi connectivity index (χ4n) is 0.859. The molecule has 44 valence electrons. The zero-order chi connectivity index (χ0) is 4.41. The van der Waals surface area contributed by atoms with Gasteiger partial charge in [0.2, 0.25) is 0 Å². The van der Waals surface area contributed by atoms with Gasteiger partial charge in [0.15, 0.2) is 0 Å². The zero-order valence-electron chi connectivity index (χ0n) is 4.61. The summed E-state index contributed by atoms with van der Waals surface area (Å²) in [4.78, 5) is 0. The van der Waals surface area contributed by atoms with E-state index < -0.39 is 0 Å². The third-order valence-electron chi connectivity index (χ3n) is 1.31. The highest BCUT2D eigenvalue weighted by Gasteiger charge is 2.05. The topological polar surface area (TPSA) is 12.0 Å². The van der Waals surface area contributed by atoms with Gasteiger partial charge in [-0.05, 0) is 26.3 Å². The van der Waals surface area contributed by atoms with E-state index in [4.69, 9.17) is 0 Å². The number of hydrogen-bond acceptors (Lipinski definition) is 1. The smallest absolute Gasteiger partial charge is 0.00391 e. The second kappa shape index (κ2) is 3.28. The molecule has 1 heterocycles. The number of rotatable bonds is 0. The van der Waals surface area contributed by atoms with Gasteiger partial charge < -0.3 is 5.32 Å². The van der Waals surface area contributed by atoms with Crippen molar-refractivity contribution in [3.63, 3.8) is 0 Å². The molecule has 2 heteroatoms. The van der Waals surface area contributed by atoms with Crippen molar-refractivity contribution in [3.8, 4) is 0 Å². The van der Waals surface area contributed by atoms with Crippen LogP contribution in [0.1, 0.15) is 19.8 Å². The van der Waals surface area contributed by atoms with E-state index in [1.165, 1.54) is 19.4 Å². The van der Waals surface area contributed by atoms with Gasteiger partial charge in [0.1, 0.15) is 0 Å². The van der Waals surface area contributed by atoms with Crippen LogP contribution in [-0.4, -0.2) is 12.6 Å². The van der Waals surface area contributed by atoms with Crippen molar-refractivity contribution in [2.24, 2.45) is 0 Å². The van der Waals surface area contributed by atoms with Gasteiger partial charge >= 0.3 is 0 Å². The van der Waals surface area contributed by atoms with Gasteiger partial charge in [-0.1, -0.05) is 0 Å². The van der Waals surface area contributed by atoms with Crippen LogP contribution in [0.25, 0.3) is 0 Å². The van der Waals surface area contributed by atoms with Crippen LogP contribution in [0.15, 0.2) is 0 Å². The maximum absolute atomic E-state index is 3.32. The van der Waals surface area contributed by atoms with Crippen LogP contribution in [0.4, 0.5) is 0 Å². The summed E-state index contributed by atoms with van der Waals surface area (Å²) in [5.41, 5.74) is 0. The molecular weight excluding hydrogens is 110 g/mol. The molecule has 1 aliphatic heterocycles. The van der Waals surface area contributed by atoms with Gasteiger partial charge in [0.05, 0.1) is 0 Å². The van der Waals surface area contributed by atoms with Crippen molar-refractivity contribution in [2.45, 2.75) is 25.8 Å².